The summed E-state index contributed by atoms with van der Waals surface area (Å²) in [6.07, 6.45) is 3.81. The number of carbonyl (C=O) groups is 1. The van der Waals surface area contributed by atoms with Crippen LogP contribution in [0.4, 0.5) is 0 Å². The lowest BCUT2D eigenvalue weighted by atomic mass is 10.1. The van der Waals surface area contributed by atoms with Crippen molar-refractivity contribution in [2.45, 2.75) is 32.8 Å². The largest absolute Gasteiger partial charge is 0.456 e. The van der Waals surface area contributed by atoms with Crippen molar-refractivity contribution in [2.24, 2.45) is 0 Å². The monoisotopic (exact) mass is 243 g/mol. The molecule has 0 saturated heterocycles. The zero-order valence-corrected chi connectivity index (χ0v) is 10.9. The fraction of sp³-hybridized carbons (Fsp3) is 0.333. The van der Waals surface area contributed by atoms with Gasteiger partial charge in [-0.05, 0) is 32.4 Å². The normalized spacial score (nSPS) is 11.2. The van der Waals surface area contributed by atoms with Crippen molar-refractivity contribution in [2.75, 3.05) is 0 Å². The van der Waals surface area contributed by atoms with Gasteiger partial charge in [-0.2, -0.15) is 5.26 Å². The average molecular weight is 243 g/mol. The summed E-state index contributed by atoms with van der Waals surface area (Å²) < 4.78 is 5.33. The number of nitriles is 1. The van der Waals surface area contributed by atoms with Crippen molar-refractivity contribution in [3.63, 3.8) is 0 Å². The summed E-state index contributed by atoms with van der Waals surface area (Å²) in [4.78, 5) is 12.0. The molecule has 3 heteroatoms. The van der Waals surface area contributed by atoms with Crippen molar-refractivity contribution in [3.8, 4) is 6.07 Å². The second-order valence-corrected chi connectivity index (χ2v) is 4.85. The maximum Gasteiger partial charge on any atom is 0.339 e. The molecule has 0 heterocycles. The summed E-state index contributed by atoms with van der Waals surface area (Å²) in [7, 11) is 0. The van der Waals surface area contributed by atoms with Gasteiger partial charge in [0, 0.05) is 0 Å². The first-order chi connectivity index (χ1) is 8.44. The highest BCUT2D eigenvalue weighted by Gasteiger charge is 2.19. The van der Waals surface area contributed by atoms with E-state index in [-0.39, 0.29) is 5.97 Å². The predicted octanol–water partition coefficient (Wildman–Crippen LogP) is 3.57. The quantitative estimate of drug-likeness (QED) is 0.762. The van der Waals surface area contributed by atoms with Gasteiger partial charge < -0.3 is 4.74 Å². The molecule has 94 valence electrons. The summed E-state index contributed by atoms with van der Waals surface area (Å²) >= 11 is 0. The van der Waals surface area contributed by atoms with Crippen molar-refractivity contribution < 1.29 is 9.53 Å². The first-order valence-corrected chi connectivity index (χ1v) is 5.80. The van der Waals surface area contributed by atoms with E-state index in [1.807, 2.05) is 39.0 Å². The smallest absolute Gasteiger partial charge is 0.339 e. The van der Waals surface area contributed by atoms with Gasteiger partial charge in [-0.25, -0.2) is 4.79 Å². The average Bonchev–Trinajstić information content (AvgIpc) is 2.27. The molecule has 1 rings (SSSR count). The van der Waals surface area contributed by atoms with E-state index < -0.39 is 5.60 Å². The van der Waals surface area contributed by atoms with Crippen molar-refractivity contribution in [1.29, 1.82) is 5.26 Å². The third-order valence-electron chi connectivity index (χ3n) is 2.09. The molecule has 0 fully saturated rings. The summed E-state index contributed by atoms with van der Waals surface area (Å²) in [6, 6.07) is 9.21. The van der Waals surface area contributed by atoms with Gasteiger partial charge in [-0.3, -0.25) is 0 Å². The van der Waals surface area contributed by atoms with Gasteiger partial charge in [0.2, 0.25) is 0 Å². The molecular weight excluding hydrogens is 226 g/mol. The molecule has 0 amide bonds. The van der Waals surface area contributed by atoms with Crippen LogP contribution in [0, 0.1) is 11.3 Å². The van der Waals surface area contributed by atoms with Crippen LogP contribution in [0.1, 0.15) is 43.1 Å². The number of nitrogens with zero attached hydrogens (tertiary/aromatic N) is 1. The minimum Gasteiger partial charge on any atom is -0.456 e. The summed E-state index contributed by atoms with van der Waals surface area (Å²) in [5.41, 5.74) is 0.768. The van der Waals surface area contributed by atoms with E-state index in [2.05, 4.69) is 0 Å². The molecule has 0 aliphatic heterocycles. The van der Waals surface area contributed by atoms with Crippen molar-refractivity contribution in [1.82, 2.24) is 0 Å². The number of benzene rings is 1. The van der Waals surface area contributed by atoms with Crippen LogP contribution >= 0.6 is 0 Å². The minimum atomic E-state index is -0.513. The summed E-state index contributed by atoms with van der Waals surface area (Å²) in [5, 5.41) is 8.48. The van der Waals surface area contributed by atoms with E-state index in [1.165, 1.54) is 0 Å². The van der Waals surface area contributed by atoms with Crippen molar-refractivity contribution >= 4 is 12.0 Å². The van der Waals surface area contributed by atoms with Gasteiger partial charge >= 0.3 is 5.97 Å². The number of rotatable bonds is 3. The third kappa shape index (κ3) is 4.42. The standard InChI is InChI=1S/C15H17NO2/c1-15(2,3)18-14(17)13-10-5-4-8-12(13)9-6-7-11-16/h4-6,8-10H,7H2,1-3H3. The van der Waals surface area contributed by atoms with Crippen LogP contribution in [0.5, 0.6) is 0 Å². The predicted molar refractivity (Wildman–Crippen MR) is 70.9 cm³/mol. The topological polar surface area (TPSA) is 50.1 Å². The molecule has 0 radical (unpaired) electrons. The van der Waals surface area contributed by atoms with Crippen LogP contribution in [-0.4, -0.2) is 11.6 Å². The van der Waals surface area contributed by atoms with E-state index in [0.717, 1.165) is 5.56 Å². The van der Waals surface area contributed by atoms with E-state index in [4.69, 9.17) is 10.00 Å². The molecule has 0 aromatic heterocycles. The molecule has 0 saturated carbocycles. The summed E-state index contributed by atoms with van der Waals surface area (Å²) in [6.45, 7) is 5.50. The van der Waals surface area contributed by atoms with Gasteiger partial charge in [0.25, 0.3) is 0 Å². The Bertz CT molecular complexity index is 490. The molecule has 3 nitrogen and oxygen atoms in total. The van der Waals surface area contributed by atoms with Crippen molar-refractivity contribution in [3.05, 3.63) is 41.5 Å². The molecule has 0 atom stereocenters. The summed E-state index contributed by atoms with van der Waals surface area (Å²) in [5.74, 6) is -0.347. The number of allylic oxidation sites excluding steroid dienone is 1. The molecular formula is C15H17NO2. The lowest BCUT2D eigenvalue weighted by Gasteiger charge is -2.20. The fourth-order valence-corrected chi connectivity index (χ4v) is 1.40. The second-order valence-electron chi connectivity index (χ2n) is 4.85. The Morgan fingerprint density at radius 1 is 1.39 bits per heavy atom. The molecule has 0 aliphatic carbocycles. The molecule has 0 unspecified atom stereocenters. The van der Waals surface area contributed by atoms with Gasteiger partial charge in [-0.15, -0.1) is 0 Å². The molecule has 0 N–H and O–H groups in total. The van der Waals surface area contributed by atoms with Gasteiger partial charge in [0.15, 0.2) is 0 Å². The molecule has 0 spiro atoms. The van der Waals surface area contributed by atoms with Gasteiger partial charge in [0.05, 0.1) is 18.1 Å². The number of carbonyl (C=O) groups excluding carboxylic acids is 1. The van der Waals surface area contributed by atoms with Crippen LogP contribution in [0.15, 0.2) is 30.3 Å². The Balaban J connectivity index is 2.95. The maximum absolute atomic E-state index is 12.0. The Morgan fingerprint density at radius 2 is 2.06 bits per heavy atom. The van der Waals surface area contributed by atoms with Crippen LogP contribution in [0.25, 0.3) is 6.08 Å². The lowest BCUT2D eigenvalue weighted by molar-refractivity contribution is 0.00693. The fourth-order valence-electron chi connectivity index (χ4n) is 1.40. The lowest BCUT2D eigenvalue weighted by Crippen LogP contribution is -2.24. The first kappa shape index (κ1) is 14.0. The van der Waals surface area contributed by atoms with Crippen LogP contribution in [0.3, 0.4) is 0 Å². The van der Waals surface area contributed by atoms with Gasteiger partial charge in [0.1, 0.15) is 5.60 Å². The highest BCUT2D eigenvalue weighted by molar-refractivity contribution is 5.93. The van der Waals surface area contributed by atoms with Crippen LogP contribution in [0.2, 0.25) is 0 Å². The zero-order valence-electron chi connectivity index (χ0n) is 10.9. The number of hydrogen-bond acceptors (Lipinski definition) is 3. The highest BCUT2D eigenvalue weighted by Crippen LogP contribution is 2.16. The van der Waals surface area contributed by atoms with E-state index in [9.17, 15) is 4.79 Å². The second kappa shape index (κ2) is 6.02. The Kier molecular flexibility index (Phi) is 4.67. The third-order valence-corrected chi connectivity index (χ3v) is 2.09. The Labute approximate surface area is 108 Å². The first-order valence-electron chi connectivity index (χ1n) is 5.80. The number of esters is 1. The van der Waals surface area contributed by atoms with E-state index in [1.54, 1.807) is 24.3 Å². The van der Waals surface area contributed by atoms with E-state index in [0.29, 0.717) is 12.0 Å². The van der Waals surface area contributed by atoms with E-state index >= 15 is 0 Å². The Morgan fingerprint density at radius 3 is 2.67 bits per heavy atom. The highest BCUT2D eigenvalue weighted by atomic mass is 16.6. The van der Waals surface area contributed by atoms with Gasteiger partial charge in [-0.1, -0.05) is 30.4 Å². The molecule has 1 aromatic carbocycles. The van der Waals surface area contributed by atoms with Crippen LogP contribution in [-0.2, 0) is 4.74 Å². The number of ether oxygens (including phenoxy) is 1. The van der Waals surface area contributed by atoms with Crippen LogP contribution < -0.4 is 0 Å². The zero-order chi connectivity index (χ0) is 13.6. The molecule has 0 bridgehead atoms. The minimum absolute atomic E-state index is 0.322. The molecule has 0 aliphatic rings. The molecule has 1 aromatic rings. The number of hydrogen-bond donors (Lipinski definition) is 0. The molecule has 18 heavy (non-hydrogen) atoms. The Hall–Kier alpha value is -2.08. The SMILES string of the molecule is CC(C)(C)OC(=O)c1ccccc1C=CCC#N. The maximum atomic E-state index is 12.0.